The maximum absolute atomic E-state index is 10.7. The summed E-state index contributed by atoms with van der Waals surface area (Å²) in [5, 5.41) is 10.6. The summed E-state index contributed by atoms with van der Waals surface area (Å²) in [6, 6.07) is 7.08. The van der Waals surface area contributed by atoms with E-state index < -0.39 is 5.97 Å². The van der Waals surface area contributed by atoms with Gasteiger partial charge in [0.05, 0.1) is 0 Å². The minimum Gasteiger partial charge on any atom is -0.475 e. The summed E-state index contributed by atoms with van der Waals surface area (Å²) in [6.45, 7) is 0. The number of nitrogens with one attached hydrogen (secondary N) is 1. The maximum atomic E-state index is 10.7. The van der Waals surface area contributed by atoms with Crippen LogP contribution in [-0.4, -0.2) is 16.1 Å². The van der Waals surface area contributed by atoms with Crippen molar-refractivity contribution in [1.29, 1.82) is 0 Å². The van der Waals surface area contributed by atoms with Gasteiger partial charge in [0.2, 0.25) is 5.76 Å². The third-order valence-electron chi connectivity index (χ3n) is 2.44. The van der Waals surface area contributed by atoms with Crippen molar-refractivity contribution in [1.82, 2.24) is 4.98 Å². The first-order valence-electron chi connectivity index (χ1n) is 4.48. The van der Waals surface area contributed by atoms with Gasteiger partial charge >= 0.3 is 5.97 Å². The first kappa shape index (κ1) is 8.11. The molecule has 2 aromatic heterocycles. The smallest absolute Gasteiger partial charge is 0.371 e. The first-order valence-corrected chi connectivity index (χ1v) is 4.48. The van der Waals surface area contributed by atoms with E-state index in [0.717, 1.165) is 16.3 Å². The van der Waals surface area contributed by atoms with E-state index in [9.17, 15) is 4.79 Å². The summed E-state index contributed by atoms with van der Waals surface area (Å²) in [4.78, 5) is 13.8. The largest absolute Gasteiger partial charge is 0.475 e. The molecule has 3 rings (SSSR count). The highest BCUT2D eigenvalue weighted by Gasteiger charge is 2.12. The number of aromatic nitrogens is 1. The van der Waals surface area contributed by atoms with Crippen LogP contribution in [0.2, 0.25) is 0 Å². The average molecular weight is 201 g/mol. The highest BCUT2D eigenvalue weighted by Crippen LogP contribution is 2.27. The lowest BCUT2D eigenvalue weighted by Crippen LogP contribution is -1.91. The van der Waals surface area contributed by atoms with Crippen molar-refractivity contribution in [3.05, 3.63) is 36.2 Å². The van der Waals surface area contributed by atoms with Crippen LogP contribution in [0.15, 0.2) is 34.9 Å². The third-order valence-corrected chi connectivity index (χ3v) is 2.44. The SMILES string of the molecule is O=C(O)c1cc2c(ccc3[nH]ccc32)o1. The van der Waals surface area contributed by atoms with Crippen molar-refractivity contribution in [3.8, 4) is 0 Å². The lowest BCUT2D eigenvalue weighted by molar-refractivity contribution is 0.0665. The number of rotatable bonds is 1. The number of carboxylic acid groups (broad SMARTS) is 1. The molecule has 0 unspecified atom stereocenters. The monoisotopic (exact) mass is 201 g/mol. The number of aromatic amines is 1. The molecule has 4 heteroatoms. The quantitative estimate of drug-likeness (QED) is 0.635. The van der Waals surface area contributed by atoms with E-state index in [1.807, 2.05) is 18.3 Å². The number of carbonyl (C=O) groups is 1. The molecule has 0 fully saturated rings. The molecule has 0 spiro atoms. The molecule has 4 nitrogen and oxygen atoms in total. The molecule has 74 valence electrons. The number of fused-ring (bicyclic) bond motifs is 3. The molecule has 0 aliphatic rings. The van der Waals surface area contributed by atoms with Gasteiger partial charge in [-0.05, 0) is 18.2 Å². The van der Waals surface area contributed by atoms with E-state index in [2.05, 4.69) is 4.98 Å². The summed E-state index contributed by atoms with van der Waals surface area (Å²) < 4.78 is 5.19. The van der Waals surface area contributed by atoms with Gasteiger partial charge in [0.25, 0.3) is 0 Å². The second-order valence-corrected chi connectivity index (χ2v) is 3.33. The molecular weight excluding hydrogens is 194 g/mol. The van der Waals surface area contributed by atoms with Crippen LogP contribution >= 0.6 is 0 Å². The van der Waals surface area contributed by atoms with E-state index in [1.165, 1.54) is 0 Å². The predicted molar refractivity (Wildman–Crippen MR) is 55.0 cm³/mol. The zero-order chi connectivity index (χ0) is 10.4. The van der Waals surface area contributed by atoms with Crippen LogP contribution in [0.25, 0.3) is 21.9 Å². The average Bonchev–Trinajstić information content (AvgIpc) is 2.82. The molecule has 0 amide bonds. The van der Waals surface area contributed by atoms with Crippen LogP contribution in [-0.2, 0) is 0 Å². The van der Waals surface area contributed by atoms with E-state index in [1.54, 1.807) is 12.1 Å². The Morgan fingerprint density at radius 2 is 2.13 bits per heavy atom. The molecule has 15 heavy (non-hydrogen) atoms. The van der Waals surface area contributed by atoms with Gasteiger partial charge in [-0.15, -0.1) is 0 Å². The van der Waals surface area contributed by atoms with Crippen LogP contribution in [0.1, 0.15) is 10.6 Å². The van der Waals surface area contributed by atoms with Gasteiger partial charge in [0, 0.05) is 28.6 Å². The fourth-order valence-corrected chi connectivity index (χ4v) is 1.76. The highest BCUT2D eigenvalue weighted by atomic mass is 16.4. The lowest BCUT2D eigenvalue weighted by atomic mass is 10.2. The van der Waals surface area contributed by atoms with Crippen LogP contribution in [0.3, 0.4) is 0 Å². The van der Waals surface area contributed by atoms with Gasteiger partial charge in [-0.2, -0.15) is 0 Å². The van der Waals surface area contributed by atoms with E-state index in [4.69, 9.17) is 9.52 Å². The van der Waals surface area contributed by atoms with Gasteiger partial charge < -0.3 is 14.5 Å². The Kier molecular flexibility index (Phi) is 1.42. The molecular formula is C11H7NO3. The van der Waals surface area contributed by atoms with Crippen molar-refractivity contribution in [3.63, 3.8) is 0 Å². The second kappa shape index (κ2) is 2.63. The van der Waals surface area contributed by atoms with E-state index in [0.29, 0.717) is 5.58 Å². The molecule has 0 aliphatic heterocycles. The Balaban J connectivity index is 2.46. The fourth-order valence-electron chi connectivity index (χ4n) is 1.76. The van der Waals surface area contributed by atoms with E-state index in [-0.39, 0.29) is 5.76 Å². The molecule has 0 saturated heterocycles. The minimum absolute atomic E-state index is 0.0290. The number of carboxylic acids is 1. The fraction of sp³-hybridized carbons (Fsp3) is 0. The van der Waals surface area contributed by atoms with E-state index >= 15 is 0 Å². The number of furan rings is 1. The van der Waals surface area contributed by atoms with Gasteiger partial charge in [-0.3, -0.25) is 0 Å². The predicted octanol–water partition coefficient (Wildman–Crippen LogP) is 2.61. The Bertz CT molecular complexity index is 663. The van der Waals surface area contributed by atoms with Crippen molar-refractivity contribution in [2.45, 2.75) is 0 Å². The lowest BCUT2D eigenvalue weighted by Gasteiger charge is -1.89. The molecule has 1 aromatic carbocycles. The zero-order valence-electron chi connectivity index (χ0n) is 7.65. The number of benzene rings is 1. The number of aromatic carboxylic acids is 1. The summed E-state index contributed by atoms with van der Waals surface area (Å²) in [5.41, 5.74) is 1.57. The Morgan fingerprint density at radius 3 is 2.93 bits per heavy atom. The minimum atomic E-state index is -1.05. The third kappa shape index (κ3) is 1.05. The van der Waals surface area contributed by atoms with Crippen LogP contribution < -0.4 is 0 Å². The molecule has 2 N–H and O–H groups in total. The van der Waals surface area contributed by atoms with Gasteiger partial charge in [-0.25, -0.2) is 4.79 Å². The molecule has 3 aromatic rings. The van der Waals surface area contributed by atoms with Gasteiger partial charge in [0.1, 0.15) is 5.58 Å². The molecule has 0 saturated carbocycles. The maximum Gasteiger partial charge on any atom is 0.371 e. The molecule has 0 radical (unpaired) electrons. The normalized spacial score (nSPS) is 11.2. The van der Waals surface area contributed by atoms with Gasteiger partial charge in [-0.1, -0.05) is 0 Å². The second-order valence-electron chi connectivity index (χ2n) is 3.33. The molecule has 2 heterocycles. The van der Waals surface area contributed by atoms with Crippen LogP contribution in [0.5, 0.6) is 0 Å². The van der Waals surface area contributed by atoms with Crippen molar-refractivity contribution >= 4 is 27.8 Å². The number of H-pyrrole nitrogens is 1. The van der Waals surface area contributed by atoms with Crippen molar-refractivity contribution in [2.75, 3.05) is 0 Å². The number of hydrogen-bond donors (Lipinski definition) is 2. The molecule has 0 atom stereocenters. The van der Waals surface area contributed by atoms with Gasteiger partial charge in [0.15, 0.2) is 0 Å². The summed E-state index contributed by atoms with van der Waals surface area (Å²) in [7, 11) is 0. The van der Waals surface area contributed by atoms with Crippen LogP contribution in [0, 0.1) is 0 Å². The topological polar surface area (TPSA) is 66.2 Å². The van der Waals surface area contributed by atoms with Crippen molar-refractivity contribution < 1.29 is 14.3 Å². The molecule has 0 bridgehead atoms. The van der Waals surface area contributed by atoms with Crippen molar-refractivity contribution in [2.24, 2.45) is 0 Å². The Labute approximate surface area is 84.1 Å². The Morgan fingerprint density at radius 1 is 1.27 bits per heavy atom. The summed E-state index contributed by atoms with van der Waals surface area (Å²) >= 11 is 0. The Hall–Kier alpha value is -2.23. The number of hydrogen-bond acceptors (Lipinski definition) is 2. The van der Waals surface area contributed by atoms with Crippen LogP contribution in [0.4, 0.5) is 0 Å². The summed E-state index contributed by atoms with van der Waals surface area (Å²) in [5.74, 6) is -1.08. The standard InChI is InChI=1S/C11H7NO3/c13-11(14)10-5-7-6-3-4-12-8(6)1-2-9(7)15-10/h1-5,12H,(H,13,14). The highest BCUT2D eigenvalue weighted by molar-refractivity contribution is 6.06. The first-order chi connectivity index (χ1) is 7.25. The zero-order valence-corrected chi connectivity index (χ0v) is 7.65. The summed E-state index contributed by atoms with van der Waals surface area (Å²) in [6.07, 6.45) is 1.82. The molecule has 0 aliphatic carbocycles.